The SMILES string of the molecule is Cc1ccc(CCCCCC(C)(C)C(=O)O)c(CCCCCCC(C)(C)C)c1. The lowest BCUT2D eigenvalue weighted by atomic mass is 9.86. The van der Waals surface area contributed by atoms with E-state index in [9.17, 15) is 9.90 Å². The van der Waals surface area contributed by atoms with Crippen LogP contribution in [0.15, 0.2) is 18.2 Å². The van der Waals surface area contributed by atoms with Gasteiger partial charge in [0.15, 0.2) is 0 Å². The molecule has 0 aliphatic rings. The molecule has 0 atom stereocenters. The molecule has 0 unspecified atom stereocenters. The highest BCUT2D eigenvalue weighted by molar-refractivity contribution is 5.73. The number of aliphatic carboxylic acids is 1. The minimum absolute atomic E-state index is 0.462. The second kappa shape index (κ2) is 11.6. The summed E-state index contributed by atoms with van der Waals surface area (Å²) in [5.41, 5.74) is 4.25. The van der Waals surface area contributed by atoms with Crippen molar-refractivity contribution in [3.63, 3.8) is 0 Å². The number of carboxylic acid groups (broad SMARTS) is 1. The molecule has 0 heterocycles. The van der Waals surface area contributed by atoms with Gasteiger partial charge in [0, 0.05) is 0 Å². The van der Waals surface area contributed by atoms with Gasteiger partial charge in [0.1, 0.15) is 0 Å². The lowest BCUT2D eigenvalue weighted by Gasteiger charge is -2.18. The number of hydrogen-bond acceptors (Lipinski definition) is 1. The Kier molecular flexibility index (Phi) is 10.3. The predicted molar refractivity (Wildman–Crippen MR) is 121 cm³/mol. The predicted octanol–water partition coefficient (Wildman–Crippen LogP) is 7.75. The van der Waals surface area contributed by atoms with Crippen LogP contribution in [0.2, 0.25) is 0 Å². The number of carboxylic acids is 1. The Labute approximate surface area is 174 Å². The Balaban J connectivity index is 2.37. The number of aryl methyl sites for hydroxylation is 3. The minimum Gasteiger partial charge on any atom is -0.481 e. The minimum atomic E-state index is -0.684. The molecule has 2 nitrogen and oxygen atoms in total. The van der Waals surface area contributed by atoms with Gasteiger partial charge in [-0.3, -0.25) is 4.79 Å². The van der Waals surface area contributed by atoms with Crippen LogP contribution in [0.1, 0.15) is 109 Å². The van der Waals surface area contributed by atoms with Gasteiger partial charge in [-0.25, -0.2) is 0 Å². The van der Waals surface area contributed by atoms with Gasteiger partial charge in [0.05, 0.1) is 5.41 Å². The fraction of sp³-hybridized carbons (Fsp3) is 0.731. The van der Waals surface area contributed by atoms with Crippen molar-refractivity contribution in [2.75, 3.05) is 0 Å². The van der Waals surface area contributed by atoms with Crippen molar-refractivity contribution in [3.8, 4) is 0 Å². The number of rotatable bonds is 13. The molecule has 28 heavy (non-hydrogen) atoms. The number of hydrogen-bond donors (Lipinski definition) is 1. The van der Waals surface area contributed by atoms with Gasteiger partial charge >= 0.3 is 5.97 Å². The van der Waals surface area contributed by atoms with Crippen LogP contribution in [-0.4, -0.2) is 11.1 Å². The molecule has 0 aromatic heterocycles. The van der Waals surface area contributed by atoms with Gasteiger partial charge in [0.2, 0.25) is 0 Å². The van der Waals surface area contributed by atoms with Crippen LogP contribution in [0.5, 0.6) is 0 Å². The average molecular weight is 389 g/mol. The summed E-state index contributed by atoms with van der Waals surface area (Å²) in [4.78, 5) is 11.2. The van der Waals surface area contributed by atoms with Crippen molar-refractivity contribution in [1.29, 1.82) is 0 Å². The van der Waals surface area contributed by atoms with Crippen molar-refractivity contribution in [3.05, 3.63) is 34.9 Å². The summed E-state index contributed by atoms with van der Waals surface area (Å²) in [5.74, 6) is -0.684. The van der Waals surface area contributed by atoms with Gasteiger partial charge in [-0.1, -0.05) is 76.6 Å². The van der Waals surface area contributed by atoms with Crippen LogP contribution < -0.4 is 0 Å². The zero-order chi connectivity index (χ0) is 21.2. The van der Waals surface area contributed by atoms with Crippen LogP contribution in [0.25, 0.3) is 0 Å². The zero-order valence-corrected chi connectivity index (χ0v) is 19.4. The Hall–Kier alpha value is -1.31. The van der Waals surface area contributed by atoms with E-state index in [4.69, 9.17) is 0 Å². The number of benzene rings is 1. The molecule has 0 saturated carbocycles. The molecule has 1 aromatic carbocycles. The summed E-state index contributed by atoms with van der Waals surface area (Å²) >= 11 is 0. The second-order valence-electron chi connectivity index (χ2n) is 10.5. The standard InChI is InChI=1S/C26H44O2/c1-21-16-17-22(14-11-9-13-19-26(5,6)24(27)28)23(20-21)15-10-7-8-12-18-25(2,3)4/h16-17,20H,7-15,18-19H2,1-6H3,(H,27,28). The molecule has 0 saturated heterocycles. The van der Waals surface area contributed by atoms with Crippen molar-refractivity contribution in [2.45, 2.75) is 112 Å². The zero-order valence-electron chi connectivity index (χ0n) is 19.4. The molecule has 2 heteroatoms. The van der Waals surface area contributed by atoms with Crippen molar-refractivity contribution in [2.24, 2.45) is 10.8 Å². The maximum atomic E-state index is 11.2. The first-order valence-corrected chi connectivity index (χ1v) is 11.3. The van der Waals surface area contributed by atoms with E-state index < -0.39 is 11.4 Å². The lowest BCUT2D eigenvalue weighted by molar-refractivity contribution is -0.147. The summed E-state index contributed by atoms with van der Waals surface area (Å²) in [6, 6.07) is 6.92. The molecule has 0 radical (unpaired) electrons. The Morgan fingerprint density at radius 1 is 0.786 bits per heavy atom. The van der Waals surface area contributed by atoms with Crippen LogP contribution >= 0.6 is 0 Å². The van der Waals surface area contributed by atoms with E-state index in [2.05, 4.69) is 45.9 Å². The third-order valence-electron chi connectivity index (χ3n) is 5.81. The van der Waals surface area contributed by atoms with E-state index >= 15 is 0 Å². The normalized spacial score (nSPS) is 12.4. The summed E-state index contributed by atoms with van der Waals surface area (Å²) < 4.78 is 0. The van der Waals surface area contributed by atoms with Crippen LogP contribution in [-0.2, 0) is 17.6 Å². The van der Waals surface area contributed by atoms with E-state index in [0.29, 0.717) is 5.41 Å². The highest BCUT2D eigenvalue weighted by atomic mass is 16.4. The average Bonchev–Trinajstić information content (AvgIpc) is 2.58. The molecule has 0 spiro atoms. The fourth-order valence-electron chi connectivity index (χ4n) is 3.72. The molecule has 1 aromatic rings. The van der Waals surface area contributed by atoms with Gasteiger partial charge in [-0.15, -0.1) is 0 Å². The van der Waals surface area contributed by atoms with Gasteiger partial charge in [-0.2, -0.15) is 0 Å². The topological polar surface area (TPSA) is 37.3 Å². The summed E-state index contributed by atoms with van der Waals surface area (Å²) in [5, 5.41) is 9.21. The molecular formula is C26H44O2. The van der Waals surface area contributed by atoms with Crippen molar-refractivity contribution < 1.29 is 9.90 Å². The van der Waals surface area contributed by atoms with E-state index in [0.717, 1.165) is 32.1 Å². The first-order valence-electron chi connectivity index (χ1n) is 11.3. The lowest BCUT2D eigenvalue weighted by Crippen LogP contribution is -2.23. The third kappa shape index (κ3) is 10.3. The van der Waals surface area contributed by atoms with Crippen molar-refractivity contribution in [1.82, 2.24) is 0 Å². The molecule has 0 amide bonds. The van der Waals surface area contributed by atoms with Gasteiger partial charge < -0.3 is 5.11 Å². The van der Waals surface area contributed by atoms with E-state index in [1.807, 2.05) is 13.8 Å². The molecule has 1 rings (SSSR count). The Morgan fingerprint density at radius 2 is 1.32 bits per heavy atom. The van der Waals surface area contributed by atoms with Gasteiger partial charge in [0.25, 0.3) is 0 Å². The maximum Gasteiger partial charge on any atom is 0.309 e. The second-order valence-corrected chi connectivity index (χ2v) is 10.5. The Bertz CT molecular complexity index is 593. The molecule has 1 N–H and O–H groups in total. The molecule has 160 valence electrons. The largest absolute Gasteiger partial charge is 0.481 e. The quantitative estimate of drug-likeness (QED) is 0.351. The maximum absolute atomic E-state index is 11.2. The molecule has 0 aliphatic heterocycles. The first kappa shape index (κ1) is 24.7. The first-order chi connectivity index (χ1) is 13.0. The number of unbranched alkanes of at least 4 members (excludes halogenated alkanes) is 5. The van der Waals surface area contributed by atoms with E-state index in [1.165, 1.54) is 55.2 Å². The van der Waals surface area contributed by atoms with Crippen LogP contribution in [0.4, 0.5) is 0 Å². The molecule has 0 aliphatic carbocycles. The van der Waals surface area contributed by atoms with E-state index in [1.54, 1.807) is 0 Å². The third-order valence-corrected chi connectivity index (χ3v) is 5.81. The molecular weight excluding hydrogens is 344 g/mol. The van der Waals surface area contributed by atoms with Gasteiger partial charge in [-0.05, 0) is 75.8 Å². The number of carbonyl (C=O) groups is 1. The highest BCUT2D eigenvalue weighted by Gasteiger charge is 2.25. The van der Waals surface area contributed by atoms with E-state index in [-0.39, 0.29) is 0 Å². The fourth-order valence-corrected chi connectivity index (χ4v) is 3.72. The smallest absolute Gasteiger partial charge is 0.309 e. The highest BCUT2D eigenvalue weighted by Crippen LogP contribution is 2.25. The summed E-state index contributed by atoms with van der Waals surface area (Å²) in [6.07, 6.45) is 12.9. The molecule has 0 fully saturated rings. The summed E-state index contributed by atoms with van der Waals surface area (Å²) in [7, 11) is 0. The monoisotopic (exact) mass is 388 g/mol. The molecule has 0 bridgehead atoms. The Morgan fingerprint density at radius 3 is 1.93 bits per heavy atom. The van der Waals surface area contributed by atoms with Crippen molar-refractivity contribution >= 4 is 5.97 Å². The van der Waals surface area contributed by atoms with Crippen LogP contribution in [0, 0.1) is 17.8 Å². The summed E-state index contributed by atoms with van der Waals surface area (Å²) in [6.45, 7) is 12.8. The van der Waals surface area contributed by atoms with Crippen LogP contribution in [0.3, 0.4) is 0 Å².